The Morgan fingerprint density at radius 2 is 1.69 bits per heavy atom. The van der Waals surface area contributed by atoms with Gasteiger partial charge in [0.25, 0.3) is 11.8 Å². The van der Waals surface area contributed by atoms with Crippen LogP contribution in [-0.4, -0.2) is 45.8 Å². The highest BCUT2D eigenvalue weighted by Gasteiger charge is 2.36. The normalized spacial score (nSPS) is 13.5. The summed E-state index contributed by atoms with van der Waals surface area (Å²) in [5.41, 5.74) is 5.16. The number of amides is 2. The lowest BCUT2D eigenvalue weighted by Crippen LogP contribution is -2.29. The predicted molar refractivity (Wildman–Crippen MR) is 116 cm³/mol. The number of pyridine rings is 1. The van der Waals surface area contributed by atoms with E-state index in [2.05, 4.69) is 20.1 Å². The molecular formula is C23H17N7O2. The molecule has 0 spiro atoms. The van der Waals surface area contributed by atoms with Crippen molar-refractivity contribution in [3.05, 3.63) is 83.3 Å². The van der Waals surface area contributed by atoms with Gasteiger partial charge in [0.1, 0.15) is 6.33 Å². The van der Waals surface area contributed by atoms with Gasteiger partial charge in [0.05, 0.1) is 34.9 Å². The summed E-state index contributed by atoms with van der Waals surface area (Å²) in [6, 6.07) is 10.7. The largest absolute Gasteiger partial charge is 0.297 e. The molecule has 9 heteroatoms. The van der Waals surface area contributed by atoms with Crippen molar-refractivity contribution in [2.75, 3.05) is 0 Å². The number of nitrogens with zero attached hydrogens (tertiary/aromatic N) is 7. The highest BCUT2D eigenvalue weighted by molar-refractivity contribution is 6.21. The maximum Gasteiger partial charge on any atom is 0.261 e. The Morgan fingerprint density at radius 1 is 0.938 bits per heavy atom. The monoisotopic (exact) mass is 423 g/mol. The van der Waals surface area contributed by atoms with Gasteiger partial charge in [-0.25, -0.2) is 14.5 Å². The zero-order valence-electron chi connectivity index (χ0n) is 17.4. The SMILES string of the molecule is Cc1c(C)n(-c2cccnc2)c2ncn3nc(CN4C(=O)c5ccccc5C4=O)nc3c12. The summed E-state index contributed by atoms with van der Waals surface area (Å²) in [5.74, 6) is -0.287. The molecule has 2 amide bonds. The van der Waals surface area contributed by atoms with Crippen LogP contribution in [0.15, 0.2) is 55.1 Å². The van der Waals surface area contributed by atoms with E-state index in [0.29, 0.717) is 22.6 Å². The highest BCUT2D eigenvalue weighted by atomic mass is 16.2. The molecule has 9 nitrogen and oxygen atoms in total. The minimum atomic E-state index is -0.331. The number of fused-ring (bicyclic) bond motifs is 4. The summed E-state index contributed by atoms with van der Waals surface area (Å²) in [7, 11) is 0. The molecule has 1 aliphatic heterocycles. The van der Waals surface area contributed by atoms with E-state index in [-0.39, 0.29) is 18.4 Å². The molecule has 156 valence electrons. The Hall–Kier alpha value is -4.40. The van der Waals surface area contributed by atoms with Crippen molar-refractivity contribution in [1.29, 1.82) is 0 Å². The number of aromatic nitrogens is 6. The smallest absolute Gasteiger partial charge is 0.261 e. The number of benzene rings is 1. The number of hydrogen-bond donors (Lipinski definition) is 0. The van der Waals surface area contributed by atoms with Crippen LogP contribution in [0.2, 0.25) is 0 Å². The van der Waals surface area contributed by atoms with Crippen molar-refractivity contribution in [1.82, 2.24) is 34.0 Å². The lowest BCUT2D eigenvalue weighted by molar-refractivity contribution is 0.0638. The van der Waals surface area contributed by atoms with Crippen molar-refractivity contribution >= 4 is 28.5 Å². The lowest BCUT2D eigenvalue weighted by Gasteiger charge is -2.10. The second-order valence-corrected chi connectivity index (χ2v) is 7.74. The van der Waals surface area contributed by atoms with Gasteiger partial charge in [-0.15, -0.1) is 5.10 Å². The van der Waals surface area contributed by atoms with Crippen LogP contribution < -0.4 is 0 Å². The van der Waals surface area contributed by atoms with Crippen LogP contribution in [0.25, 0.3) is 22.4 Å². The fourth-order valence-electron chi connectivity index (χ4n) is 4.30. The summed E-state index contributed by atoms with van der Waals surface area (Å²) in [4.78, 5) is 40.1. The molecule has 0 unspecified atom stereocenters. The quantitative estimate of drug-likeness (QED) is 0.414. The van der Waals surface area contributed by atoms with Gasteiger partial charge < -0.3 is 0 Å². The van der Waals surface area contributed by atoms with Gasteiger partial charge in [0.2, 0.25) is 0 Å². The molecule has 0 radical (unpaired) electrons. The van der Waals surface area contributed by atoms with Gasteiger partial charge in [-0.3, -0.25) is 24.0 Å². The van der Waals surface area contributed by atoms with Crippen molar-refractivity contribution in [3.63, 3.8) is 0 Å². The van der Waals surface area contributed by atoms with Gasteiger partial charge in [-0.05, 0) is 43.7 Å². The van der Waals surface area contributed by atoms with Crippen LogP contribution in [0.1, 0.15) is 37.8 Å². The molecule has 0 fully saturated rings. The average molecular weight is 423 g/mol. The minimum Gasteiger partial charge on any atom is -0.297 e. The third-order valence-electron chi connectivity index (χ3n) is 5.96. The number of carbonyl (C=O) groups excluding carboxylic acids is 2. The second kappa shape index (κ2) is 6.55. The Bertz CT molecular complexity index is 1530. The third-order valence-corrected chi connectivity index (χ3v) is 5.96. The van der Waals surface area contributed by atoms with E-state index in [1.165, 1.54) is 4.90 Å². The summed E-state index contributed by atoms with van der Waals surface area (Å²) in [6.07, 6.45) is 5.12. The van der Waals surface area contributed by atoms with Gasteiger partial charge in [-0.2, -0.15) is 0 Å². The molecular weight excluding hydrogens is 406 g/mol. The number of carbonyl (C=O) groups is 2. The summed E-state index contributed by atoms with van der Waals surface area (Å²) in [6.45, 7) is 4.04. The van der Waals surface area contributed by atoms with Crippen molar-refractivity contribution in [2.24, 2.45) is 0 Å². The third kappa shape index (κ3) is 2.45. The van der Waals surface area contributed by atoms with E-state index in [4.69, 9.17) is 0 Å². The maximum absolute atomic E-state index is 12.7. The zero-order valence-corrected chi connectivity index (χ0v) is 17.4. The van der Waals surface area contributed by atoms with E-state index in [0.717, 1.165) is 28.0 Å². The molecule has 4 aromatic heterocycles. The first-order chi connectivity index (χ1) is 15.5. The molecule has 0 atom stereocenters. The van der Waals surface area contributed by atoms with Gasteiger partial charge in [0, 0.05) is 11.9 Å². The topological polar surface area (TPSA) is 98.3 Å². The fourth-order valence-corrected chi connectivity index (χ4v) is 4.30. The van der Waals surface area contributed by atoms with E-state index >= 15 is 0 Å². The Balaban J connectivity index is 1.46. The molecule has 6 rings (SSSR count). The van der Waals surface area contributed by atoms with Crippen LogP contribution in [0.4, 0.5) is 0 Å². The molecule has 0 bridgehead atoms. The van der Waals surface area contributed by atoms with Crippen molar-refractivity contribution < 1.29 is 9.59 Å². The molecule has 5 aromatic rings. The van der Waals surface area contributed by atoms with E-state index in [1.807, 2.05) is 30.5 Å². The van der Waals surface area contributed by atoms with Gasteiger partial charge in [0.15, 0.2) is 17.1 Å². The fraction of sp³-hybridized carbons (Fsp3) is 0.130. The highest BCUT2D eigenvalue weighted by Crippen LogP contribution is 2.30. The van der Waals surface area contributed by atoms with Crippen LogP contribution >= 0.6 is 0 Å². The molecule has 0 aliphatic carbocycles. The predicted octanol–water partition coefficient (Wildman–Crippen LogP) is 2.88. The molecule has 0 saturated heterocycles. The van der Waals surface area contributed by atoms with Crippen molar-refractivity contribution in [2.45, 2.75) is 20.4 Å². The molecule has 32 heavy (non-hydrogen) atoms. The van der Waals surface area contributed by atoms with Gasteiger partial charge in [-0.1, -0.05) is 12.1 Å². The van der Waals surface area contributed by atoms with E-state index in [9.17, 15) is 9.59 Å². The van der Waals surface area contributed by atoms with Crippen LogP contribution in [0.5, 0.6) is 0 Å². The zero-order chi connectivity index (χ0) is 22.0. The number of hydrogen-bond acceptors (Lipinski definition) is 6. The van der Waals surface area contributed by atoms with Gasteiger partial charge >= 0.3 is 0 Å². The van der Waals surface area contributed by atoms with E-state index in [1.54, 1.807) is 47.5 Å². The summed E-state index contributed by atoms with van der Waals surface area (Å²) in [5, 5.41) is 5.36. The minimum absolute atomic E-state index is 0.00311. The van der Waals surface area contributed by atoms with Crippen molar-refractivity contribution in [3.8, 4) is 5.69 Å². The maximum atomic E-state index is 12.7. The Morgan fingerprint density at radius 3 is 2.38 bits per heavy atom. The van der Waals surface area contributed by atoms with Crippen LogP contribution in [-0.2, 0) is 6.54 Å². The first-order valence-corrected chi connectivity index (χ1v) is 10.1. The molecule has 1 aromatic carbocycles. The summed E-state index contributed by atoms with van der Waals surface area (Å²) < 4.78 is 3.63. The molecule has 1 aliphatic rings. The number of aryl methyl sites for hydroxylation is 1. The molecule has 0 N–H and O–H groups in total. The first kappa shape index (κ1) is 18.4. The molecule has 0 saturated carbocycles. The average Bonchev–Trinajstić information content (AvgIpc) is 3.42. The number of rotatable bonds is 3. The molecule has 5 heterocycles. The Labute approximate surface area is 182 Å². The standard InChI is InChI=1S/C23H17N7O2/c1-13-14(2)30(15-6-5-9-24-10-15)20-19(13)21-26-18(27-29(21)12-25-20)11-28-22(31)16-7-3-4-8-17(16)23(28)32/h3-10,12H,11H2,1-2H3. The van der Waals surface area contributed by atoms with Crippen LogP contribution in [0, 0.1) is 13.8 Å². The summed E-state index contributed by atoms with van der Waals surface area (Å²) >= 11 is 0. The second-order valence-electron chi connectivity index (χ2n) is 7.74. The Kier molecular flexibility index (Phi) is 3.76. The van der Waals surface area contributed by atoms with E-state index < -0.39 is 0 Å². The number of imide groups is 1. The lowest BCUT2D eigenvalue weighted by atomic mass is 10.1. The van der Waals surface area contributed by atoms with Crippen LogP contribution in [0.3, 0.4) is 0 Å². The first-order valence-electron chi connectivity index (χ1n) is 10.1.